The van der Waals surface area contributed by atoms with Gasteiger partial charge >= 0.3 is 0 Å². The van der Waals surface area contributed by atoms with Crippen molar-refractivity contribution in [2.45, 2.75) is 44.3 Å². The lowest BCUT2D eigenvalue weighted by Crippen LogP contribution is -2.49. The van der Waals surface area contributed by atoms with Crippen LogP contribution in [-0.4, -0.2) is 48.0 Å². The molecule has 0 aromatic carbocycles. The van der Waals surface area contributed by atoms with Crippen LogP contribution in [0.2, 0.25) is 0 Å². The Morgan fingerprint density at radius 3 is 2.44 bits per heavy atom. The van der Waals surface area contributed by atoms with Crippen molar-refractivity contribution in [2.24, 2.45) is 0 Å². The van der Waals surface area contributed by atoms with E-state index in [9.17, 15) is 0 Å². The number of likely N-dealkylation sites (N-methyl/N-ethyl adjacent to an activating group) is 2. The van der Waals surface area contributed by atoms with Crippen LogP contribution in [-0.2, 0) is 6.54 Å². The van der Waals surface area contributed by atoms with Gasteiger partial charge in [0.1, 0.15) is 0 Å². The summed E-state index contributed by atoms with van der Waals surface area (Å²) in [5.74, 6) is 0. The maximum Gasteiger partial charge on any atom is 0.0543 e. The molecule has 100 valence electrons. The molecule has 2 atom stereocenters. The maximum atomic E-state index is 4.43. The topological polar surface area (TPSA) is 19.4 Å². The van der Waals surface area contributed by atoms with E-state index in [1.165, 1.54) is 31.4 Å². The van der Waals surface area contributed by atoms with Crippen LogP contribution in [0.4, 0.5) is 0 Å². The molecule has 1 aromatic rings. The van der Waals surface area contributed by atoms with Crippen molar-refractivity contribution in [2.75, 3.05) is 21.1 Å². The molecule has 0 aliphatic heterocycles. The standard InChI is InChI=1S/C15H25N3/c1-17(2)14-9-4-5-10-15(14)18(3)12-13-8-6-7-11-16-13/h6-8,11,14-15H,4-5,9-10,12H2,1-3H3/t14-,15-/m1/s1. The molecule has 1 aliphatic rings. The smallest absolute Gasteiger partial charge is 0.0543 e. The average molecular weight is 247 g/mol. The van der Waals surface area contributed by atoms with E-state index in [0.717, 1.165) is 6.54 Å². The van der Waals surface area contributed by atoms with E-state index < -0.39 is 0 Å². The van der Waals surface area contributed by atoms with Crippen LogP contribution in [0.3, 0.4) is 0 Å². The van der Waals surface area contributed by atoms with Crippen molar-refractivity contribution in [1.82, 2.24) is 14.8 Å². The third kappa shape index (κ3) is 3.30. The van der Waals surface area contributed by atoms with E-state index in [0.29, 0.717) is 12.1 Å². The minimum absolute atomic E-state index is 0.663. The van der Waals surface area contributed by atoms with Gasteiger partial charge in [-0.15, -0.1) is 0 Å². The first kappa shape index (κ1) is 13.5. The zero-order chi connectivity index (χ0) is 13.0. The molecular formula is C15H25N3. The van der Waals surface area contributed by atoms with Crippen LogP contribution >= 0.6 is 0 Å². The average Bonchev–Trinajstić information content (AvgIpc) is 2.40. The molecule has 18 heavy (non-hydrogen) atoms. The van der Waals surface area contributed by atoms with Crippen LogP contribution in [0.25, 0.3) is 0 Å². The van der Waals surface area contributed by atoms with Crippen LogP contribution in [0.15, 0.2) is 24.4 Å². The number of hydrogen-bond donors (Lipinski definition) is 0. The van der Waals surface area contributed by atoms with Gasteiger partial charge in [-0.25, -0.2) is 0 Å². The Hall–Kier alpha value is -0.930. The fourth-order valence-corrected chi connectivity index (χ4v) is 3.07. The van der Waals surface area contributed by atoms with Crippen molar-refractivity contribution < 1.29 is 0 Å². The summed E-state index contributed by atoms with van der Waals surface area (Å²) in [6.45, 7) is 0.954. The maximum absolute atomic E-state index is 4.43. The van der Waals surface area contributed by atoms with Gasteiger partial charge in [0.2, 0.25) is 0 Å². The van der Waals surface area contributed by atoms with Gasteiger partial charge in [0.05, 0.1) is 5.69 Å². The Kier molecular flexibility index (Phi) is 4.72. The number of rotatable bonds is 4. The van der Waals surface area contributed by atoms with E-state index >= 15 is 0 Å². The van der Waals surface area contributed by atoms with Crippen LogP contribution in [0.1, 0.15) is 31.4 Å². The van der Waals surface area contributed by atoms with Gasteiger partial charge in [-0.1, -0.05) is 18.9 Å². The molecule has 1 saturated carbocycles. The Labute approximate surface area is 111 Å². The molecule has 2 rings (SSSR count). The summed E-state index contributed by atoms with van der Waals surface area (Å²) < 4.78 is 0. The van der Waals surface area contributed by atoms with E-state index in [-0.39, 0.29) is 0 Å². The SMILES string of the molecule is CN(C)[C@@H]1CCCC[C@H]1N(C)Cc1ccccn1. The van der Waals surface area contributed by atoms with Gasteiger partial charge in [0, 0.05) is 24.8 Å². The molecule has 3 heteroatoms. The molecule has 3 nitrogen and oxygen atoms in total. The van der Waals surface area contributed by atoms with Crippen LogP contribution in [0, 0.1) is 0 Å². The van der Waals surface area contributed by atoms with E-state index in [1.54, 1.807) is 0 Å². The van der Waals surface area contributed by atoms with Crippen molar-refractivity contribution in [3.8, 4) is 0 Å². The van der Waals surface area contributed by atoms with Gasteiger partial charge in [0.15, 0.2) is 0 Å². The number of hydrogen-bond acceptors (Lipinski definition) is 3. The van der Waals surface area contributed by atoms with Crippen LogP contribution < -0.4 is 0 Å². The highest BCUT2D eigenvalue weighted by Crippen LogP contribution is 2.26. The summed E-state index contributed by atoms with van der Waals surface area (Å²) in [6.07, 6.45) is 7.25. The second-order valence-electron chi connectivity index (χ2n) is 5.62. The zero-order valence-electron chi connectivity index (χ0n) is 11.8. The summed E-state index contributed by atoms with van der Waals surface area (Å²) in [6, 6.07) is 7.51. The summed E-state index contributed by atoms with van der Waals surface area (Å²) in [5, 5.41) is 0. The highest BCUT2D eigenvalue weighted by molar-refractivity contribution is 5.04. The first-order valence-corrected chi connectivity index (χ1v) is 6.95. The molecule has 0 N–H and O–H groups in total. The van der Waals surface area contributed by atoms with Gasteiger partial charge in [-0.2, -0.15) is 0 Å². The third-order valence-corrected chi connectivity index (χ3v) is 4.06. The first-order valence-electron chi connectivity index (χ1n) is 6.95. The summed E-state index contributed by atoms with van der Waals surface area (Å²) in [5.41, 5.74) is 1.17. The minimum atomic E-state index is 0.663. The van der Waals surface area contributed by atoms with Crippen LogP contribution in [0.5, 0.6) is 0 Å². The largest absolute Gasteiger partial charge is 0.305 e. The Morgan fingerprint density at radius 2 is 1.83 bits per heavy atom. The highest BCUT2D eigenvalue weighted by Gasteiger charge is 2.29. The number of nitrogens with zero attached hydrogens (tertiary/aromatic N) is 3. The van der Waals surface area contributed by atoms with Gasteiger partial charge in [-0.05, 0) is 46.1 Å². The number of pyridine rings is 1. The molecule has 1 aromatic heterocycles. The molecular weight excluding hydrogens is 222 g/mol. The molecule has 1 fully saturated rings. The monoisotopic (exact) mass is 247 g/mol. The summed E-state index contributed by atoms with van der Waals surface area (Å²) in [4.78, 5) is 9.29. The van der Waals surface area contributed by atoms with Crippen molar-refractivity contribution in [1.29, 1.82) is 0 Å². The van der Waals surface area contributed by atoms with Gasteiger partial charge in [-0.3, -0.25) is 9.88 Å². The predicted molar refractivity (Wildman–Crippen MR) is 75.4 cm³/mol. The number of aromatic nitrogens is 1. The van der Waals surface area contributed by atoms with Gasteiger partial charge in [0.25, 0.3) is 0 Å². The van der Waals surface area contributed by atoms with E-state index in [1.807, 2.05) is 12.3 Å². The van der Waals surface area contributed by atoms with E-state index in [4.69, 9.17) is 0 Å². The summed E-state index contributed by atoms with van der Waals surface area (Å²) in [7, 11) is 6.65. The fraction of sp³-hybridized carbons (Fsp3) is 0.667. The Bertz CT molecular complexity index is 350. The summed E-state index contributed by atoms with van der Waals surface area (Å²) >= 11 is 0. The first-order chi connectivity index (χ1) is 8.68. The van der Waals surface area contributed by atoms with Crippen molar-refractivity contribution >= 4 is 0 Å². The zero-order valence-corrected chi connectivity index (χ0v) is 11.8. The molecule has 1 aliphatic carbocycles. The molecule has 0 bridgehead atoms. The fourth-order valence-electron chi connectivity index (χ4n) is 3.07. The van der Waals surface area contributed by atoms with E-state index in [2.05, 4.69) is 48.1 Å². The van der Waals surface area contributed by atoms with Gasteiger partial charge < -0.3 is 4.90 Å². The quantitative estimate of drug-likeness (QED) is 0.814. The molecule has 0 radical (unpaired) electrons. The second kappa shape index (κ2) is 6.30. The molecule has 0 amide bonds. The second-order valence-corrected chi connectivity index (χ2v) is 5.62. The lowest BCUT2D eigenvalue weighted by atomic mass is 9.88. The van der Waals surface area contributed by atoms with Crippen molar-refractivity contribution in [3.63, 3.8) is 0 Å². The Balaban J connectivity index is 2.00. The minimum Gasteiger partial charge on any atom is -0.305 e. The Morgan fingerprint density at radius 1 is 1.11 bits per heavy atom. The normalized spacial score (nSPS) is 24.7. The highest BCUT2D eigenvalue weighted by atomic mass is 15.2. The lowest BCUT2D eigenvalue weighted by molar-refractivity contribution is 0.0869. The molecule has 1 heterocycles. The lowest BCUT2D eigenvalue weighted by Gasteiger charge is -2.41. The third-order valence-electron chi connectivity index (χ3n) is 4.06. The predicted octanol–water partition coefficient (Wildman–Crippen LogP) is 2.39. The molecule has 0 saturated heterocycles. The molecule has 0 spiro atoms. The van der Waals surface area contributed by atoms with Crippen molar-refractivity contribution in [3.05, 3.63) is 30.1 Å². The molecule has 0 unspecified atom stereocenters.